The van der Waals surface area contributed by atoms with Crippen molar-refractivity contribution < 1.29 is 4.79 Å². The number of nitrogens with zero attached hydrogens (tertiary/aromatic N) is 1. The first-order chi connectivity index (χ1) is 8.77. The predicted octanol–water partition coefficient (Wildman–Crippen LogP) is 1.96. The van der Waals surface area contributed by atoms with Gasteiger partial charge in [0.1, 0.15) is 0 Å². The average Bonchev–Trinajstić information content (AvgIpc) is 2.68. The standard InChI is InChI=1S/C14H27N3O.2ClH/c1-12(17-10-4-2-3-5-11-17)14(18)16-13-6-8-15-9-7-13;;/h12-13,15H,2-11H2,1H3,(H,16,18);2*1H. The van der Waals surface area contributed by atoms with Crippen LogP contribution in [0.2, 0.25) is 0 Å². The molecule has 1 amide bonds. The Morgan fingerprint density at radius 1 is 1.10 bits per heavy atom. The van der Waals surface area contributed by atoms with Crippen molar-refractivity contribution in [1.29, 1.82) is 0 Å². The molecule has 2 saturated heterocycles. The smallest absolute Gasteiger partial charge is 0.237 e. The number of hydrogen-bond donors (Lipinski definition) is 2. The zero-order valence-corrected chi connectivity index (χ0v) is 14.0. The topological polar surface area (TPSA) is 44.4 Å². The van der Waals surface area contributed by atoms with Crippen LogP contribution in [0, 0.1) is 0 Å². The number of amides is 1. The molecule has 0 spiro atoms. The van der Waals surface area contributed by atoms with E-state index >= 15 is 0 Å². The highest BCUT2D eigenvalue weighted by atomic mass is 35.5. The third-order valence-electron chi connectivity index (χ3n) is 4.25. The molecule has 2 N–H and O–H groups in total. The molecule has 0 aromatic rings. The van der Waals surface area contributed by atoms with Crippen LogP contribution in [0.1, 0.15) is 45.4 Å². The quantitative estimate of drug-likeness (QED) is 0.833. The van der Waals surface area contributed by atoms with Crippen molar-refractivity contribution in [2.45, 2.75) is 57.5 Å². The summed E-state index contributed by atoms with van der Waals surface area (Å²) in [6.07, 6.45) is 7.26. The molecule has 2 heterocycles. The van der Waals surface area contributed by atoms with E-state index in [1.807, 2.05) is 0 Å². The summed E-state index contributed by atoms with van der Waals surface area (Å²) in [7, 11) is 0. The van der Waals surface area contributed by atoms with Crippen molar-refractivity contribution in [3.05, 3.63) is 0 Å². The Bertz CT molecular complexity index is 265. The molecule has 0 bridgehead atoms. The van der Waals surface area contributed by atoms with Crippen LogP contribution >= 0.6 is 24.8 Å². The van der Waals surface area contributed by atoms with Crippen LogP contribution in [-0.2, 0) is 4.79 Å². The van der Waals surface area contributed by atoms with Gasteiger partial charge in [-0.3, -0.25) is 9.69 Å². The minimum Gasteiger partial charge on any atom is -0.352 e. The molecule has 6 heteroatoms. The minimum absolute atomic E-state index is 0. The first-order valence-electron chi connectivity index (χ1n) is 7.52. The summed E-state index contributed by atoms with van der Waals surface area (Å²) in [6, 6.07) is 0.422. The van der Waals surface area contributed by atoms with Crippen LogP contribution in [0.3, 0.4) is 0 Å². The van der Waals surface area contributed by atoms with Crippen molar-refractivity contribution in [2.24, 2.45) is 0 Å². The normalized spacial score (nSPS) is 22.9. The van der Waals surface area contributed by atoms with Crippen LogP contribution in [0.4, 0.5) is 0 Å². The molecule has 0 aliphatic carbocycles. The summed E-state index contributed by atoms with van der Waals surface area (Å²) >= 11 is 0. The lowest BCUT2D eigenvalue weighted by atomic mass is 10.1. The van der Waals surface area contributed by atoms with Gasteiger partial charge in [-0.05, 0) is 58.8 Å². The monoisotopic (exact) mass is 325 g/mol. The van der Waals surface area contributed by atoms with E-state index < -0.39 is 0 Å². The largest absolute Gasteiger partial charge is 0.352 e. The summed E-state index contributed by atoms with van der Waals surface area (Å²) in [5, 5.41) is 6.54. The van der Waals surface area contributed by atoms with Gasteiger partial charge in [-0.15, -0.1) is 24.8 Å². The number of carbonyl (C=O) groups excluding carboxylic acids is 1. The molecular formula is C14H29Cl2N3O. The fourth-order valence-corrected chi connectivity index (χ4v) is 2.94. The lowest BCUT2D eigenvalue weighted by Gasteiger charge is -2.30. The molecule has 2 aliphatic rings. The van der Waals surface area contributed by atoms with Gasteiger partial charge in [0.05, 0.1) is 6.04 Å². The van der Waals surface area contributed by atoms with Crippen LogP contribution in [-0.4, -0.2) is 49.1 Å². The Balaban J connectivity index is 0.00000180. The highest BCUT2D eigenvalue weighted by Gasteiger charge is 2.24. The highest BCUT2D eigenvalue weighted by molar-refractivity contribution is 5.85. The molecule has 120 valence electrons. The molecule has 2 rings (SSSR count). The second kappa shape index (κ2) is 10.7. The summed E-state index contributed by atoms with van der Waals surface area (Å²) in [4.78, 5) is 14.6. The van der Waals surface area contributed by atoms with Crippen LogP contribution < -0.4 is 10.6 Å². The second-order valence-corrected chi connectivity index (χ2v) is 5.66. The van der Waals surface area contributed by atoms with E-state index in [0.29, 0.717) is 6.04 Å². The van der Waals surface area contributed by atoms with E-state index in [0.717, 1.165) is 39.0 Å². The molecule has 0 aromatic carbocycles. The number of rotatable bonds is 3. The number of hydrogen-bond acceptors (Lipinski definition) is 3. The van der Waals surface area contributed by atoms with E-state index in [-0.39, 0.29) is 36.8 Å². The van der Waals surface area contributed by atoms with Crippen LogP contribution in [0.15, 0.2) is 0 Å². The van der Waals surface area contributed by atoms with Gasteiger partial charge in [0, 0.05) is 6.04 Å². The maximum atomic E-state index is 12.2. The first-order valence-corrected chi connectivity index (χ1v) is 7.52. The fourth-order valence-electron chi connectivity index (χ4n) is 2.94. The van der Waals surface area contributed by atoms with E-state index in [1.54, 1.807) is 0 Å². The van der Waals surface area contributed by atoms with Gasteiger partial charge in [-0.1, -0.05) is 12.8 Å². The number of piperidine rings is 1. The van der Waals surface area contributed by atoms with E-state index in [1.165, 1.54) is 25.7 Å². The molecule has 0 saturated carbocycles. The maximum absolute atomic E-state index is 12.2. The van der Waals surface area contributed by atoms with Crippen molar-refractivity contribution >= 4 is 30.7 Å². The van der Waals surface area contributed by atoms with Gasteiger partial charge in [0.25, 0.3) is 0 Å². The van der Waals surface area contributed by atoms with Crippen molar-refractivity contribution in [2.75, 3.05) is 26.2 Å². The molecule has 2 fully saturated rings. The number of halogens is 2. The van der Waals surface area contributed by atoms with Gasteiger partial charge in [-0.25, -0.2) is 0 Å². The Morgan fingerprint density at radius 2 is 1.65 bits per heavy atom. The fraction of sp³-hybridized carbons (Fsp3) is 0.929. The van der Waals surface area contributed by atoms with Gasteiger partial charge in [0.2, 0.25) is 5.91 Å². The molecule has 2 aliphatic heterocycles. The molecule has 20 heavy (non-hydrogen) atoms. The maximum Gasteiger partial charge on any atom is 0.237 e. The molecule has 1 unspecified atom stereocenters. The summed E-state index contributed by atoms with van der Waals surface area (Å²) in [5.74, 6) is 0.226. The van der Waals surface area contributed by atoms with E-state index in [2.05, 4.69) is 22.5 Å². The number of nitrogens with one attached hydrogen (secondary N) is 2. The second-order valence-electron chi connectivity index (χ2n) is 5.66. The average molecular weight is 326 g/mol. The summed E-state index contributed by atoms with van der Waals surface area (Å²) in [6.45, 7) is 6.29. The van der Waals surface area contributed by atoms with Crippen LogP contribution in [0.25, 0.3) is 0 Å². The van der Waals surface area contributed by atoms with E-state index in [4.69, 9.17) is 0 Å². The summed E-state index contributed by atoms with van der Waals surface area (Å²) < 4.78 is 0. The van der Waals surface area contributed by atoms with Crippen LogP contribution in [0.5, 0.6) is 0 Å². The lowest BCUT2D eigenvalue weighted by molar-refractivity contribution is -0.126. The molecule has 0 aromatic heterocycles. The molecule has 4 nitrogen and oxygen atoms in total. The zero-order valence-electron chi connectivity index (χ0n) is 12.4. The van der Waals surface area contributed by atoms with Gasteiger partial charge < -0.3 is 10.6 Å². The highest BCUT2D eigenvalue weighted by Crippen LogP contribution is 2.13. The Labute approximate surface area is 135 Å². The zero-order chi connectivity index (χ0) is 12.8. The van der Waals surface area contributed by atoms with Gasteiger partial charge >= 0.3 is 0 Å². The first kappa shape index (κ1) is 20.0. The van der Waals surface area contributed by atoms with Crippen molar-refractivity contribution in [3.8, 4) is 0 Å². The predicted molar refractivity (Wildman–Crippen MR) is 88.0 cm³/mol. The number of carbonyl (C=O) groups is 1. The number of likely N-dealkylation sites (tertiary alicyclic amines) is 1. The van der Waals surface area contributed by atoms with Gasteiger partial charge in [0.15, 0.2) is 0 Å². The molecule has 0 radical (unpaired) electrons. The molecular weight excluding hydrogens is 297 g/mol. The third kappa shape index (κ3) is 6.17. The summed E-state index contributed by atoms with van der Waals surface area (Å²) in [5.41, 5.74) is 0. The third-order valence-corrected chi connectivity index (χ3v) is 4.25. The van der Waals surface area contributed by atoms with Gasteiger partial charge in [-0.2, -0.15) is 0 Å². The van der Waals surface area contributed by atoms with Crippen molar-refractivity contribution in [1.82, 2.24) is 15.5 Å². The lowest BCUT2D eigenvalue weighted by Crippen LogP contribution is -2.50. The molecule has 1 atom stereocenters. The Kier molecular flexibility index (Phi) is 10.6. The van der Waals surface area contributed by atoms with Crippen molar-refractivity contribution in [3.63, 3.8) is 0 Å². The SMILES string of the molecule is CC(C(=O)NC1CCNCC1)N1CCCCCC1.Cl.Cl. The van der Waals surface area contributed by atoms with E-state index in [9.17, 15) is 4.79 Å². The minimum atomic E-state index is 0. The Morgan fingerprint density at radius 3 is 2.20 bits per heavy atom. The Hall–Kier alpha value is -0.0300.